The summed E-state index contributed by atoms with van der Waals surface area (Å²) in [4.78, 5) is 29.8. The lowest BCUT2D eigenvalue weighted by Gasteiger charge is -2.20. The first-order valence-corrected chi connectivity index (χ1v) is 12.2. The number of pyridine rings is 2. The Labute approximate surface area is 201 Å². The van der Waals surface area contributed by atoms with Crippen molar-refractivity contribution >= 4 is 34.4 Å². The number of nitrogens with one attached hydrogen (secondary N) is 2. The molecule has 0 aliphatic heterocycles. The second-order valence-corrected chi connectivity index (χ2v) is 8.72. The highest BCUT2D eigenvalue weighted by Crippen LogP contribution is 2.31. The minimum atomic E-state index is -0.344. The van der Waals surface area contributed by atoms with Gasteiger partial charge in [0.1, 0.15) is 18.0 Å². The molecule has 1 unspecified atom stereocenters. The zero-order chi connectivity index (χ0) is 24.1. The molecule has 1 amide bonds. The van der Waals surface area contributed by atoms with Crippen LogP contribution in [0.3, 0.4) is 0 Å². The number of carbonyl (C=O) groups is 1. The summed E-state index contributed by atoms with van der Waals surface area (Å²) in [5.74, 6) is 0.518. The van der Waals surface area contributed by atoms with Crippen LogP contribution in [0, 0.1) is 12.7 Å². The minimum Gasteiger partial charge on any atom is -0.369 e. The van der Waals surface area contributed by atoms with Gasteiger partial charge in [-0.3, -0.25) is 14.8 Å². The molecule has 1 aromatic carbocycles. The summed E-state index contributed by atoms with van der Waals surface area (Å²) in [6.07, 6.45) is 6.80. The third-order valence-corrected chi connectivity index (χ3v) is 6.29. The molecule has 0 spiro atoms. The monoisotopic (exact) mass is 476 g/mol. The van der Waals surface area contributed by atoms with Gasteiger partial charge in [0.2, 0.25) is 0 Å². The van der Waals surface area contributed by atoms with E-state index < -0.39 is 0 Å². The van der Waals surface area contributed by atoms with Crippen LogP contribution in [0.25, 0.3) is 22.2 Å². The van der Waals surface area contributed by atoms with E-state index in [2.05, 4.69) is 30.6 Å². The van der Waals surface area contributed by atoms with Gasteiger partial charge in [0.15, 0.2) is 0 Å². The van der Waals surface area contributed by atoms with Crippen LogP contribution in [-0.4, -0.2) is 51.4 Å². The van der Waals surface area contributed by atoms with E-state index in [1.165, 1.54) is 12.4 Å². The lowest BCUT2D eigenvalue weighted by molar-refractivity contribution is 0.0964. The van der Waals surface area contributed by atoms with Crippen LogP contribution in [0.1, 0.15) is 27.5 Å². The van der Waals surface area contributed by atoms with E-state index in [0.717, 1.165) is 17.0 Å². The van der Waals surface area contributed by atoms with Crippen molar-refractivity contribution in [3.05, 3.63) is 77.8 Å². The molecule has 4 rings (SSSR count). The van der Waals surface area contributed by atoms with E-state index in [0.29, 0.717) is 40.1 Å². The number of rotatable bonds is 8. The number of hydrogen-bond acceptors (Lipinski definition) is 7. The molecule has 0 fully saturated rings. The Bertz CT molecular complexity index is 1310. The highest BCUT2D eigenvalue weighted by Gasteiger charge is 2.22. The number of anilines is 1. The maximum absolute atomic E-state index is 15.1. The molecule has 7 nitrogen and oxygen atoms in total. The predicted octanol–water partition coefficient (Wildman–Crippen LogP) is 4.45. The van der Waals surface area contributed by atoms with Gasteiger partial charge in [-0.15, -0.1) is 0 Å². The highest BCUT2D eigenvalue weighted by atomic mass is 32.2. The molecule has 4 aromatic rings. The van der Waals surface area contributed by atoms with E-state index in [1.807, 2.05) is 31.4 Å². The fourth-order valence-corrected chi connectivity index (χ4v) is 4.53. The van der Waals surface area contributed by atoms with E-state index in [-0.39, 0.29) is 17.6 Å². The second kappa shape index (κ2) is 10.6. The first kappa shape index (κ1) is 23.6. The average Bonchev–Trinajstić information content (AvgIpc) is 2.86. The number of nitrogens with zero attached hydrogens (tertiary/aromatic N) is 4. The van der Waals surface area contributed by atoms with E-state index >= 15 is 4.39 Å². The molecular formula is C25H25FN6OS. The molecule has 3 aromatic heterocycles. The van der Waals surface area contributed by atoms with Crippen LogP contribution < -0.4 is 10.6 Å². The van der Waals surface area contributed by atoms with Crippen molar-refractivity contribution in [1.29, 1.82) is 0 Å². The Hall–Kier alpha value is -3.59. The normalized spacial score (nSPS) is 11.9. The van der Waals surface area contributed by atoms with E-state index in [1.54, 1.807) is 43.3 Å². The van der Waals surface area contributed by atoms with Gasteiger partial charge in [0.25, 0.3) is 5.91 Å². The van der Waals surface area contributed by atoms with Crippen molar-refractivity contribution in [1.82, 2.24) is 25.3 Å². The summed E-state index contributed by atoms with van der Waals surface area (Å²) in [6.45, 7) is 2.37. The Balaban J connectivity index is 1.65. The van der Waals surface area contributed by atoms with Crippen molar-refractivity contribution < 1.29 is 9.18 Å². The lowest BCUT2D eigenvalue weighted by atomic mass is 9.95. The van der Waals surface area contributed by atoms with Crippen LogP contribution in [-0.2, 0) is 0 Å². The van der Waals surface area contributed by atoms with Gasteiger partial charge in [-0.05, 0) is 43.5 Å². The molecule has 0 saturated carbocycles. The summed E-state index contributed by atoms with van der Waals surface area (Å²) >= 11 is 1.62. The summed E-state index contributed by atoms with van der Waals surface area (Å²) < 4.78 is 15.1. The predicted molar refractivity (Wildman–Crippen MR) is 135 cm³/mol. The highest BCUT2D eigenvalue weighted by molar-refractivity contribution is 7.98. The van der Waals surface area contributed by atoms with Gasteiger partial charge >= 0.3 is 0 Å². The van der Waals surface area contributed by atoms with Crippen molar-refractivity contribution in [2.45, 2.75) is 12.8 Å². The average molecular weight is 477 g/mol. The molecule has 2 N–H and O–H groups in total. The molecular weight excluding hydrogens is 451 g/mol. The van der Waals surface area contributed by atoms with Crippen molar-refractivity contribution in [2.75, 3.05) is 30.9 Å². The van der Waals surface area contributed by atoms with Gasteiger partial charge in [-0.25, -0.2) is 14.4 Å². The SMILES string of the molecule is CNC(=O)c1ccnc2c(C(CNc3cc(-c4ccc(C)nc4)ncn3)CSC)c(F)ccc12. The molecule has 0 aliphatic carbocycles. The standard InChI is InChI=1S/C25H25FN6OS/c1-15-4-5-16(11-29-15)21-10-22(32-14-31-21)30-12-17(13-34-3)23-20(26)7-6-18-19(25(33)27-2)8-9-28-24(18)23/h4-11,14,17H,12-13H2,1-3H3,(H,27,33)(H,30,31,32). The molecule has 9 heteroatoms. The van der Waals surface area contributed by atoms with Gasteiger partial charge in [-0.2, -0.15) is 11.8 Å². The zero-order valence-electron chi connectivity index (χ0n) is 19.2. The quantitative estimate of drug-likeness (QED) is 0.388. The summed E-state index contributed by atoms with van der Waals surface area (Å²) in [6, 6.07) is 10.4. The van der Waals surface area contributed by atoms with Crippen LogP contribution in [0.2, 0.25) is 0 Å². The maximum atomic E-state index is 15.1. The first-order valence-electron chi connectivity index (χ1n) is 10.8. The summed E-state index contributed by atoms with van der Waals surface area (Å²) in [5, 5.41) is 6.59. The number of fused-ring (bicyclic) bond motifs is 1. The fourth-order valence-electron chi connectivity index (χ4n) is 3.84. The Morgan fingerprint density at radius 1 is 1.12 bits per heavy atom. The van der Waals surface area contributed by atoms with Crippen molar-refractivity contribution in [2.24, 2.45) is 0 Å². The third kappa shape index (κ3) is 4.99. The maximum Gasteiger partial charge on any atom is 0.251 e. The molecule has 0 bridgehead atoms. The van der Waals surface area contributed by atoms with Crippen molar-refractivity contribution in [3.8, 4) is 11.3 Å². The number of benzene rings is 1. The summed E-state index contributed by atoms with van der Waals surface area (Å²) in [5.41, 5.74) is 4.03. The van der Waals surface area contributed by atoms with Gasteiger partial charge in [-0.1, -0.05) is 0 Å². The van der Waals surface area contributed by atoms with Crippen LogP contribution in [0.5, 0.6) is 0 Å². The molecule has 1 atom stereocenters. The smallest absolute Gasteiger partial charge is 0.251 e. The molecule has 0 radical (unpaired) electrons. The van der Waals surface area contributed by atoms with E-state index in [4.69, 9.17) is 0 Å². The third-order valence-electron chi connectivity index (χ3n) is 5.55. The number of aryl methyl sites for hydroxylation is 1. The first-order chi connectivity index (χ1) is 16.5. The second-order valence-electron chi connectivity index (χ2n) is 7.80. The van der Waals surface area contributed by atoms with Gasteiger partial charge in [0, 0.05) is 65.9 Å². The molecule has 0 saturated heterocycles. The number of thioether (sulfide) groups is 1. The van der Waals surface area contributed by atoms with Gasteiger partial charge < -0.3 is 10.6 Å². The number of aromatic nitrogens is 4. The van der Waals surface area contributed by atoms with Crippen LogP contribution in [0.15, 0.2) is 55.1 Å². The molecule has 34 heavy (non-hydrogen) atoms. The van der Waals surface area contributed by atoms with Crippen LogP contribution in [0.4, 0.5) is 10.2 Å². The Morgan fingerprint density at radius 2 is 1.97 bits per heavy atom. The number of halogens is 1. The number of amides is 1. The Kier molecular flexibility index (Phi) is 7.32. The minimum absolute atomic E-state index is 0.203. The molecule has 3 heterocycles. The zero-order valence-corrected chi connectivity index (χ0v) is 20.0. The number of hydrogen-bond donors (Lipinski definition) is 2. The van der Waals surface area contributed by atoms with Crippen LogP contribution >= 0.6 is 11.8 Å². The molecule has 0 aliphatic rings. The largest absolute Gasteiger partial charge is 0.369 e. The Morgan fingerprint density at radius 3 is 2.71 bits per heavy atom. The lowest BCUT2D eigenvalue weighted by Crippen LogP contribution is -2.20. The fraction of sp³-hybridized carbons (Fsp3) is 0.240. The number of carbonyl (C=O) groups excluding carboxylic acids is 1. The van der Waals surface area contributed by atoms with E-state index in [9.17, 15) is 4.79 Å². The van der Waals surface area contributed by atoms with Gasteiger partial charge in [0.05, 0.1) is 16.8 Å². The topological polar surface area (TPSA) is 92.7 Å². The van der Waals surface area contributed by atoms with Crippen molar-refractivity contribution in [3.63, 3.8) is 0 Å². The molecule has 174 valence electrons. The summed E-state index contributed by atoms with van der Waals surface area (Å²) in [7, 11) is 1.57.